The lowest BCUT2D eigenvalue weighted by atomic mass is 10.1. The van der Waals surface area contributed by atoms with Gasteiger partial charge in [-0.3, -0.25) is 0 Å². The molecular weight excluding hydrogens is 258 g/mol. The number of nitrogens with zero attached hydrogens (tertiary/aromatic N) is 1. The van der Waals surface area contributed by atoms with Crippen LogP contribution in [0.1, 0.15) is 11.1 Å². The lowest BCUT2D eigenvalue weighted by Gasteiger charge is -2.05. The summed E-state index contributed by atoms with van der Waals surface area (Å²) in [6.07, 6.45) is 0. The van der Waals surface area contributed by atoms with Gasteiger partial charge in [0.25, 0.3) is 0 Å². The fourth-order valence-corrected chi connectivity index (χ4v) is 2.74. The van der Waals surface area contributed by atoms with E-state index in [1.807, 2.05) is 18.2 Å². The molecule has 0 bridgehead atoms. The molecule has 0 saturated carbocycles. The second-order valence-electron chi connectivity index (χ2n) is 5.49. The van der Waals surface area contributed by atoms with Gasteiger partial charge in [-0.15, -0.1) is 0 Å². The van der Waals surface area contributed by atoms with E-state index in [1.165, 1.54) is 16.5 Å². The van der Waals surface area contributed by atoms with Gasteiger partial charge in [-0.05, 0) is 49.7 Å². The standard InChI is InChI=1S/C19H15NO/c1-12-7-8-16-15(9-12)13(2)10-17(20-16)19-11-14-5-3-4-6-18(14)21-19/h3-11H,1-2H3. The molecule has 2 nitrogen and oxygen atoms in total. The van der Waals surface area contributed by atoms with Gasteiger partial charge in [-0.25, -0.2) is 4.98 Å². The van der Waals surface area contributed by atoms with Crippen molar-refractivity contribution >= 4 is 21.9 Å². The minimum absolute atomic E-state index is 0.821. The second kappa shape index (κ2) is 4.45. The molecule has 0 N–H and O–H groups in total. The average Bonchev–Trinajstić information content (AvgIpc) is 2.92. The van der Waals surface area contributed by atoms with Gasteiger partial charge in [0, 0.05) is 10.8 Å². The first-order valence-corrected chi connectivity index (χ1v) is 7.08. The third-order valence-electron chi connectivity index (χ3n) is 3.85. The van der Waals surface area contributed by atoms with E-state index in [9.17, 15) is 0 Å². The zero-order valence-electron chi connectivity index (χ0n) is 12.1. The summed E-state index contributed by atoms with van der Waals surface area (Å²) in [5, 5.41) is 2.31. The Bertz CT molecular complexity index is 933. The molecule has 2 aromatic carbocycles. The summed E-state index contributed by atoms with van der Waals surface area (Å²) in [4.78, 5) is 4.75. The summed E-state index contributed by atoms with van der Waals surface area (Å²) >= 11 is 0. The maximum atomic E-state index is 5.92. The van der Waals surface area contributed by atoms with E-state index >= 15 is 0 Å². The van der Waals surface area contributed by atoms with Gasteiger partial charge >= 0.3 is 0 Å². The number of hydrogen-bond donors (Lipinski definition) is 0. The van der Waals surface area contributed by atoms with Crippen molar-refractivity contribution in [3.63, 3.8) is 0 Å². The van der Waals surface area contributed by atoms with Gasteiger partial charge in [0.15, 0.2) is 5.76 Å². The fourth-order valence-electron chi connectivity index (χ4n) is 2.74. The summed E-state index contributed by atoms with van der Waals surface area (Å²) in [6.45, 7) is 4.22. The average molecular weight is 273 g/mol. The van der Waals surface area contributed by atoms with E-state index in [0.29, 0.717) is 0 Å². The van der Waals surface area contributed by atoms with Crippen molar-refractivity contribution < 1.29 is 4.42 Å². The van der Waals surface area contributed by atoms with Crippen molar-refractivity contribution in [3.8, 4) is 11.5 Å². The molecule has 0 radical (unpaired) electrons. The molecule has 0 atom stereocenters. The van der Waals surface area contributed by atoms with Crippen LogP contribution in [0.25, 0.3) is 33.3 Å². The molecule has 2 heteroatoms. The highest BCUT2D eigenvalue weighted by Crippen LogP contribution is 2.29. The van der Waals surface area contributed by atoms with E-state index < -0.39 is 0 Å². The Hall–Kier alpha value is -2.61. The summed E-state index contributed by atoms with van der Waals surface area (Å²) in [5.41, 5.74) is 5.27. The zero-order chi connectivity index (χ0) is 14.4. The summed E-state index contributed by atoms with van der Waals surface area (Å²) in [5.74, 6) is 0.821. The second-order valence-corrected chi connectivity index (χ2v) is 5.49. The largest absolute Gasteiger partial charge is 0.454 e. The van der Waals surface area contributed by atoms with E-state index in [2.05, 4.69) is 50.2 Å². The number of benzene rings is 2. The first kappa shape index (κ1) is 12.2. The Morgan fingerprint density at radius 1 is 0.905 bits per heavy atom. The molecule has 0 aliphatic heterocycles. The number of aryl methyl sites for hydroxylation is 2. The van der Waals surface area contributed by atoms with Crippen molar-refractivity contribution in [2.45, 2.75) is 13.8 Å². The fraction of sp³-hybridized carbons (Fsp3) is 0.105. The Kier molecular flexibility index (Phi) is 2.58. The molecule has 4 rings (SSSR count). The van der Waals surface area contributed by atoms with Crippen LogP contribution in [0.2, 0.25) is 0 Å². The number of pyridine rings is 1. The van der Waals surface area contributed by atoms with Gasteiger partial charge in [0.05, 0.1) is 5.52 Å². The first-order chi connectivity index (χ1) is 10.2. The molecule has 21 heavy (non-hydrogen) atoms. The SMILES string of the molecule is Cc1ccc2nc(-c3cc4ccccc4o3)cc(C)c2c1. The molecule has 0 unspecified atom stereocenters. The Morgan fingerprint density at radius 3 is 2.62 bits per heavy atom. The van der Waals surface area contributed by atoms with Crippen LogP contribution in [0.15, 0.2) is 59.0 Å². The Labute approximate surface area is 123 Å². The smallest absolute Gasteiger partial charge is 0.153 e. The van der Waals surface area contributed by atoms with Crippen molar-refractivity contribution in [2.75, 3.05) is 0 Å². The summed E-state index contributed by atoms with van der Waals surface area (Å²) < 4.78 is 5.92. The van der Waals surface area contributed by atoms with Gasteiger partial charge in [0.1, 0.15) is 11.3 Å². The molecule has 2 heterocycles. The Morgan fingerprint density at radius 2 is 1.76 bits per heavy atom. The predicted octanol–water partition coefficient (Wildman–Crippen LogP) is 5.26. The normalized spacial score (nSPS) is 11.3. The molecule has 0 amide bonds. The molecule has 0 spiro atoms. The maximum Gasteiger partial charge on any atom is 0.153 e. The number of aromatic nitrogens is 1. The lowest BCUT2D eigenvalue weighted by Crippen LogP contribution is -1.88. The monoisotopic (exact) mass is 273 g/mol. The summed E-state index contributed by atoms with van der Waals surface area (Å²) in [7, 11) is 0. The first-order valence-electron chi connectivity index (χ1n) is 7.08. The molecule has 0 aliphatic rings. The van der Waals surface area contributed by atoms with Crippen LogP contribution in [-0.2, 0) is 0 Å². The van der Waals surface area contributed by atoms with Crippen LogP contribution in [0.5, 0.6) is 0 Å². The van der Waals surface area contributed by atoms with Gasteiger partial charge in [0.2, 0.25) is 0 Å². The van der Waals surface area contributed by atoms with E-state index in [-0.39, 0.29) is 0 Å². The summed E-state index contributed by atoms with van der Waals surface area (Å²) in [6, 6.07) is 18.5. The number of hydrogen-bond acceptors (Lipinski definition) is 2. The Balaban J connectivity index is 1.95. The van der Waals surface area contributed by atoms with Crippen molar-refractivity contribution in [3.05, 3.63) is 65.7 Å². The molecule has 0 saturated heterocycles. The van der Waals surface area contributed by atoms with Crippen molar-refractivity contribution in [2.24, 2.45) is 0 Å². The number of furan rings is 1. The van der Waals surface area contributed by atoms with Crippen LogP contribution < -0.4 is 0 Å². The van der Waals surface area contributed by atoms with E-state index in [4.69, 9.17) is 9.40 Å². The molecular formula is C19H15NO. The topological polar surface area (TPSA) is 26.0 Å². The highest BCUT2D eigenvalue weighted by atomic mass is 16.3. The number of rotatable bonds is 1. The van der Waals surface area contributed by atoms with Gasteiger partial charge < -0.3 is 4.42 Å². The molecule has 0 aliphatic carbocycles. The third kappa shape index (κ3) is 2.00. The quantitative estimate of drug-likeness (QED) is 0.472. The molecule has 102 valence electrons. The van der Waals surface area contributed by atoms with Crippen LogP contribution in [0, 0.1) is 13.8 Å². The molecule has 2 aromatic heterocycles. The maximum absolute atomic E-state index is 5.92. The van der Waals surface area contributed by atoms with E-state index in [1.54, 1.807) is 0 Å². The van der Waals surface area contributed by atoms with Gasteiger partial charge in [-0.2, -0.15) is 0 Å². The minimum atomic E-state index is 0.821. The highest BCUT2D eigenvalue weighted by molar-refractivity contribution is 5.87. The van der Waals surface area contributed by atoms with Crippen LogP contribution in [0.4, 0.5) is 0 Å². The van der Waals surface area contributed by atoms with Crippen molar-refractivity contribution in [1.29, 1.82) is 0 Å². The van der Waals surface area contributed by atoms with Gasteiger partial charge in [-0.1, -0.05) is 29.8 Å². The highest BCUT2D eigenvalue weighted by Gasteiger charge is 2.10. The number of para-hydroxylation sites is 1. The third-order valence-corrected chi connectivity index (χ3v) is 3.85. The lowest BCUT2D eigenvalue weighted by molar-refractivity contribution is 0.629. The van der Waals surface area contributed by atoms with Crippen molar-refractivity contribution in [1.82, 2.24) is 4.98 Å². The number of fused-ring (bicyclic) bond motifs is 2. The van der Waals surface area contributed by atoms with E-state index in [0.717, 1.165) is 27.9 Å². The van der Waals surface area contributed by atoms with Crippen LogP contribution in [-0.4, -0.2) is 4.98 Å². The van der Waals surface area contributed by atoms with Crippen LogP contribution in [0.3, 0.4) is 0 Å². The molecule has 0 fully saturated rings. The predicted molar refractivity (Wildman–Crippen MR) is 86.4 cm³/mol. The molecule has 4 aromatic rings. The zero-order valence-corrected chi connectivity index (χ0v) is 12.1. The van der Waals surface area contributed by atoms with Crippen LogP contribution >= 0.6 is 0 Å². The minimum Gasteiger partial charge on any atom is -0.454 e.